The van der Waals surface area contributed by atoms with Crippen molar-refractivity contribution in [2.24, 2.45) is 0 Å². The lowest BCUT2D eigenvalue weighted by molar-refractivity contribution is 0.200. The first-order chi connectivity index (χ1) is 14.5. The van der Waals surface area contributed by atoms with Crippen molar-refractivity contribution in [3.05, 3.63) is 53.6 Å². The molecule has 1 saturated heterocycles. The van der Waals surface area contributed by atoms with Gasteiger partial charge in [-0.05, 0) is 61.1 Å². The lowest BCUT2D eigenvalue weighted by atomic mass is 10.1. The van der Waals surface area contributed by atoms with Crippen LogP contribution in [0, 0.1) is 0 Å². The number of nitrogens with zero attached hydrogens (tertiary/aromatic N) is 2. The van der Waals surface area contributed by atoms with Gasteiger partial charge < -0.3 is 24.6 Å². The average molecular weight is 410 g/mol. The Hall–Kier alpha value is -2.89. The summed E-state index contributed by atoms with van der Waals surface area (Å²) in [6, 6.07) is 14.2. The van der Waals surface area contributed by atoms with E-state index in [1.807, 2.05) is 37.2 Å². The van der Waals surface area contributed by atoms with Crippen LogP contribution < -0.4 is 19.7 Å². The Kier molecular flexibility index (Phi) is 6.02. The number of rotatable bonds is 7. The lowest BCUT2D eigenvalue weighted by Crippen LogP contribution is -2.27. The predicted octanol–water partition coefficient (Wildman–Crippen LogP) is 4.35. The molecule has 2 aliphatic rings. The van der Waals surface area contributed by atoms with Gasteiger partial charge in [0, 0.05) is 32.9 Å². The van der Waals surface area contributed by atoms with Gasteiger partial charge in [-0.3, -0.25) is 0 Å². The smallest absolute Gasteiger partial charge is 0.318 e. The number of urea groups is 1. The molecule has 1 saturated carbocycles. The quantitative estimate of drug-likeness (QED) is 0.739. The van der Waals surface area contributed by atoms with Crippen molar-refractivity contribution in [2.45, 2.75) is 44.4 Å². The fourth-order valence-corrected chi connectivity index (χ4v) is 4.22. The summed E-state index contributed by atoms with van der Waals surface area (Å²) in [4.78, 5) is 16.5. The van der Waals surface area contributed by atoms with Gasteiger partial charge in [0.25, 0.3) is 0 Å². The van der Waals surface area contributed by atoms with Gasteiger partial charge in [-0.15, -0.1) is 0 Å². The Bertz CT molecular complexity index is 876. The van der Waals surface area contributed by atoms with Crippen molar-refractivity contribution >= 4 is 11.7 Å². The second-order valence-electron chi connectivity index (χ2n) is 8.38. The number of hydrogen-bond acceptors (Lipinski definition) is 4. The summed E-state index contributed by atoms with van der Waals surface area (Å²) < 4.78 is 11.7. The summed E-state index contributed by atoms with van der Waals surface area (Å²) in [7, 11) is 5.71. The van der Waals surface area contributed by atoms with E-state index in [0.717, 1.165) is 41.2 Å². The highest BCUT2D eigenvalue weighted by Gasteiger charge is 2.30. The zero-order valence-corrected chi connectivity index (χ0v) is 18.1. The van der Waals surface area contributed by atoms with Crippen LogP contribution in [0.3, 0.4) is 0 Å². The molecule has 30 heavy (non-hydrogen) atoms. The van der Waals surface area contributed by atoms with Crippen LogP contribution in [0.5, 0.6) is 11.5 Å². The molecular weight excluding hydrogens is 378 g/mol. The molecule has 1 aliphatic heterocycles. The normalized spacial score (nSPS) is 19.1. The van der Waals surface area contributed by atoms with E-state index < -0.39 is 0 Å². The molecule has 6 nitrogen and oxygen atoms in total. The van der Waals surface area contributed by atoms with Crippen LogP contribution in [0.1, 0.15) is 42.9 Å². The summed E-state index contributed by atoms with van der Waals surface area (Å²) in [6.45, 7) is 1.22. The maximum Gasteiger partial charge on any atom is 0.318 e. The third-order valence-electron chi connectivity index (χ3n) is 6.00. The SMILES string of the molecule is COc1ccc(C2CN(Cc3ccc(N(C)C)cc3)C(=O)N2)cc1OC1CCCC1. The van der Waals surface area contributed by atoms with Crippen molar-refractivity contribution in [1.29, 1.82) is 0 Å². The molecular formula is C24H31N3O3. The number of hydrogen-bond donors (Lipinski definition) is 1. The third-order valence-corrected chi connectivity index (χ3v) is 6.00. The summed E-state index contributed by atoms with van der Waals surface area (Å²) in [5, 5.41) is 3.11. The number of anilines is 1. The van der Waals surface area contributed by atoms with E-state index in [-0.39, 0.29) is 18.2 Å². The summed E-state index contributed by atoms with van der Waals surface area (Å²) in [6.07, 6.45) is 4.88. The van der Waals surface area contributed by atoms with E-state index >= 15 is 0 Å². The van der Waals surface area contributed by atoms with Crippen LogP contribution in [-0.4, -0.2) is 44.8 Å². The molecule has 160 valence electrons. The molecule has 4 rings (SSSR count). The van der Waals surface area contributed by atoms with Gasteiger partial charge in [0.05, 0.1) is 19.3 Å². The van der Waals surface area contributed by atoms with Gasteiger partial charge >= 0.3 is 6.03 Å². The molecule has 0 bridgehead atoms. The number of carbonyl (C=O) groups is 1. The third kappa shape index (κ3) is 4.48. The van der Waals surface area contributed by atoms with E-state index in [2.05, 4.69) is 34.5 Å². The van der Waals surface area contributed by atoms with E-state index in [1.165, 1.54) is 12.8 Å². The summed E-state index contributed by atoms with van der Waals surface area (Å²) in [5.41, 5.74) is 3.31. The Morgan fingerprint density at radius 2 is 1.80 bits per heavy atom. The fraction of sp³-hybridized carbons (Fsp3) is 0.458. The minimum Gasteiger partial charge on any atom is -0.493 e. The zero-order chi connectivity index (χ0) is 21.1. The molecule has 1 N–H and O–H groups in total. The molecule has 0 radical (unpaired) electrons. The van der Waals surface area contributed by atoms with Crippen molar-refractivity contribution < 1.29 is 14.3 Å². The van der Waals surface area contributed by atoms with Crippen LogP contribution in [0.15, 0.2) is 42.5 Å². The highest BCUT2D eigenvalue weighted by Crippen LogP contribution is 2.35. The van der Waals surface area contributed by atoms with Crippen LogP contribution in [-0.2, 0) is 6.54 Å². The molecule has 0 spiro atoms. The number of ether oxygens (including phenoxy) is 2. The van der Waals surface area contributed by atoms with E-state index in [0.29, 0.717) is 13.1 Å². The maximum atomic E-state index is 12.6. The number of benzene rings is 2. The first-order valence-electron chi connectivity index (χ1n) is 10.7. The molecule has 2 fully saturated rings. The standard InChI is InChI=1S/C24H31N3O3/c1-26(2)19-11-8-17(9-12-19)15-27-16-21(25-24(27)28)18-10-13-22(29-3)23(14-18)30-20-6-4-5-7-20/h8-14,20-21H,4-7,15-16H2,1-3H3,(H,25,28). The van der Waals surface area contributed by atoms with Crippen molar-refractivity contribution in [2.75, 3.05) is 32.6 Å². The minimum atomic E-state index is -0.0598. The van der Waals surface area contributed by atoms with Crippen molar-refractivity contribution in [3.8, 4) is 11.5 Å². The Morgan fingerprint density at radius 1 is 1.07 bits per heavy atom. The summed E-state index contributed by atoms with van der Waals surface area (Å²) in [5.74, 6) is 1.52. The van der Waals surface area contributed by atoms with Crippen LogP contribution in [0.25, 0.3) is 0 Å². The van der Waals surface area contributed by atoms with Gasteiger partial charge in [-0.1, -0.05) is 18.2 Å². The molecule has 1 aliphatic carbocycles. The van der Waals surface area contributed by atoms with Gasteiger partial charge in [-0.2, -0.15) is 0 Å². The molecule has 2 aromatic rings. The van der Waals surface area contributed by atoms with E-state index in [4.69, 9.17) is 9.47 Å². The number of carbonyl (C=O) groups excluding carboxylic acids is 1. The zero-order valence-electron chi connectivity index (χ0n) is 18.1. The van der Waals surface area contributed by atoms with Gasteiger partial charge in [0.15, 0.2) is 11.5 Å². The fourth-order valence-electron chi connectivity index (χ4n) is 4.22. The van der Waals surface area contributed by atoms with Gasteiger partial charge in [0.2, 0.25) is 0 Å². The molecule has 0 aromatic heterocycles. The minimum absolute atomic E-state index is 0.0363. The highest BCUT2D eigenvalue weighted by atomic mass is 16.5. The molecule has 1 unspecified atom stereocenters. The Balaban J connectivity index is 1.45. The molecule has 6 heteroatoms. The highest BCUT2D eigenvalue weighted by molar-refractivity contribution is 5.77. The van der Waals surface area contributed by atoms with Crippen LogP contribution >= 0.6 is 0 Å². The number of methoxy groups -OCH3 is 1. The molecule has 1 heterocycles. The van der Waals surface area contributed by atoms with Crippen LogP contribution in [0.4, 0.5) is 10.5 Å². The maximum absolute atomic E-state index is 12.6. The van der Waals surface area contributed by atoms with E-state index in [9.17, 15) is 4.79 Å². The number of nitrogens with one attached hydrogen (secondary N) is 1. The monoisotopic (exact) mass is 409 g/mol. The average Bonchev–Trinajstić information content (AvgIpc) is 3.38. The van der Waals surface area contributed by atoms with Gasteiger partial charge in [-0.25, -0.2) is 4.79 Å². The number of amides is 2. The predicted molar refractivity (Wildman–Crippen MR) is 118 cm³/mol. The Labute approximate surface area is 178 Å². The largest absolute Gasteiger partial charge is 0.493 e. The van der Waals surface area contributed by atoms with Crippen molar-refractivity contribution in [1.82, 2.24) is 10.2 Å². The Morgan fingerprint density at radius 3 is 2.47 bits per heavy atom. The molecule has 2 aromatic carbocycles. The lowest BCUT2D eigenvalue weighted by Gasteiger charge is -2.19. The first-order valence-corrected chi connectivity index (χ1v) is 10.7. The second-order valence-corrected chi connectivity index (χ2v) is 8.38. The van der Waals surface area contributed by atoms with Crippen molar-refractivity contribution in [3.63, 3.8) is 0 Å². The van der Waals surface area contributed by atoms with E-state index in [1.54, 1.807) is 7.11 Å². The second kappa shape index (κ2) is 8.86. The van der Waals surface area contributed by atoms with Gasteiger partial charge in [0.1, 0.15) is 0 Å². The first kappa shape index (κ1) is 20.4. The topological polar surface area (TPSA) is 54.0 Å². The molecule has 2 amide bonds. The summed E-state index contributed by atoms with van der Waals surface area (Å²) >= 11 is 0. The molecule has 1 atom stereocenters. The van der Waals surface area contributed by atoms with Crippen LogP contribution in [0.2, 0.25) is 0 Å².